The molecular formula is C10H14ClN5O2. The SMILES string of the molecule is COC(=O)NC1CCN(c2nc(Cl)ncc2N)C1. The molecule has 1 aromatic rings. The van der Waals surface area contributed by atoms with Crippen LogP contribution in [0.1, 0.15) is 6.42 Å². The Morgan fingerprint density at radius 3 is 3.22 bits per heavy atom. The minimum atomic E-state index is -0.435. The van der Waals surface area contributed by atoms with Crippen LogP contribution in [0.15, 0.2) is 6.20 Å². The second-order valence-electron chi connectivity index (χ2n) is 3.99. The highest BCUT2D eigenvalue weighted by molar-refractivity contribution is 6.28. The van der Waals surface area contributed by atoms with Crippen LogP contribution in [0.2, 0.25) is 5.28 Å². The van der Waals surface area contributed by atoms with Crippen LogP contribution in [0.3, 0.4) is 0 Å². The molecule has 0 aromatic carbocycles. The fraction of sp³-hybridized carbons (Fsp3) is 0.500. The number of nitrogen functional groups attached to an aromatic ring is 1. The molecule has 1 aliphatic rings. The van der Waals surface area contributed by atoms with E-state index in [0.29, 0.717) is 18.1 Å². The van der Waals surface area contributed by atoms with Crippen molar-refractivity contribution in [3.8, 4) is 0 Å². The van der Waals surface area contributed by atoms with Gasteiger partial charge in [-0.3, -0.25) is 0 Å². The Balaban J connectivity index is 2.04. The summed E-state index contributed by atoms with van der Waals surface area (Å²) in [6.45, 7) is 1.36. The number of aromatic nitrogens is 2. The number of methoxy groups -OCH3 is 1. The molecule has 1 unspecified atom stereocenters. The molecule has 98 valence electrons. The summed E-state index contributed by atoms with van der Waals surface area (Å²) in [5, 5.41) is 2.90. The summed E-state index contributed by atoms with van der Waals surface area (Å²) in [6, 6.07) is 0.0191. The first-order chi connectivity index (χ1) is 8.60. The van der Waals surface area contributed by atoms with E-state index in [1.807, 2.05) is 4.90 Å². The number of hydrogen-bond acceptors (Lipinski definition) is 6. The maximum absolute atomic E-state index is 11.1. The zero-order valence-electron chi connectivity index (χ0n) is 9.89. The molecule has 0 saturated carbocycles. The second-order valence-corrected chi connectivity index (χ2v) is 4.32. The van der Waals surface area contributed by atoms with Crippen LogP contribution in [0.25, 0.3) is 0 Å². The molecule has 3 N–H and O–H groups in total. The van der Waals surface area contributed by atoms with E-state index in [0.717, 1.165) is 13.0 Å². The first kappa shape index (κ1) is 12.7. The molecular weight excluding hydrogens is 258 g/mol. The van der Waals surface area contributed by atoms with Gasteiger partial charge in [0.25, 0.3) is 0 Å². The normalized spacial score (nSPS) is 18.8. The van der Waals surface area contributed by atoms with Crippen molar-refractivity contribution in [2.45, 2.75) is 12.5 Å². The zero-order valence-corrected chi connectivity index (χ0v) is 10.6. The lowest BCUT2D eigenvalue weighted by Gasteiger charge is -2.19. The second kappa shape index (κ2) is 5.26. The molecule has 8 heteroatoms. The molecule has 0 bridgehead atoms. The topological polar surface area (TPSA) is 93.4 Å². The van der Waals surface area contributed by atoms with Crippen LogP contribution < -0.4 is 16.0 Å². The number of nitrogens with one attached hydrogen (secondary N) is 1. The minimum Gasteiger partial charge on any atom is -0.453 e. The monoisotopic (exact) mass is 271 g/mol. The Morgan fingerprint density at radius 1 is 1.72 bits per heavy atom. The van der Waals surface area contributed by atoms with Gasteiger partial charge in [0.1, 0.15) is 0 Å². The predicted octanol–water partition coefficient (Wildman–Crippen LogP) is 0.647. The lowest BCUT2D eigenvalue weighted by Crippen LogP contribution is -2.37. The van der Waals surface area contributed by atoms with Crippen molar-refractivity contribution in [2.75, 3.05) is 30.8 Å². The molecule has 2 rings (SSSR count). The fourth-order valence-electron chi connectivity index (χ4n) is 1.91. The van der Waals surface area contributed by atoms with Crippen molar-refractivity contribution >= 4 is 29.2 Å². The molecule has 2 heterocycles. The number of ether oxygens (including phenoxy) is 1. The Morgan fingerprint density at radius 2 is 2.50 bits per heavy atom. The van der Waals surface area contributed by atoms with Gasteiger partial charge in [0.2, 0.25) is 5.28 Å². The highest BCUT2D eigenvalue weighted by Crippen LogP contribution is 2.24. The van der Waals surface area contributed by atoms with Crippen molar-refractivity contribution in [2.24, 2.45) is 0 Å². The summed E-state index contributed by atoms with van der Waals surface area (Å²) in [7, 11) is 1.34. The molecule has 1 aromatic heterocycles. The fourth-order valence-corrected chi connectivity index (χ4v) is 2.04. The van der Waals surface area contributed by atoms with Crippen LogP contribution in [-0.2, 0) is 4.74 Å². The summed E-state index contributed by atoms with van der Waals surface area (Å²) in [5.74, 6) is 0.601. The smallest absolute Gasteiger partial charge is 0.407 e. The molecule has 0 spiro atoms. The van der Waals surface area contributed by atoms with Crippen molar-refractivity contribution in [1.29, 1.82) is 0 Å². The third-order valence-electron chi connectivity index (χ3n) is 2.76. The van der Waals surface area contributed by atoms with Crippen LogP contribution >= 0.6 is 11.6 Å². The average molecular weight is 272 g/mol. The van der Waals surface area contributed by atoms with Crippen LogP contribution in [0.5, 0.6) is 0 Å². The minimum absolute atomic E-state index is 0.0191. The van der Waals surface area contributed by atoms with Gasteiger partial charge < -0.3 is 20.7 Å². The third-order valence-corrected chi connectivity index (χ3v) is 2.94. The molecule has 18 heavy (non-hydrogen) atoms. The van der Waals surface area contributed by atoms with Gasteiger partial charge in [-0.05, 0) is 18.0 Å². The Hall–Kier alpha value is -1.76. The van der Waals surface area contributed by atoms with E-state index in [1.165, 1.54) is 13.3 Å². The van der Waals surface area contributed by atoms with E-state index in [1.54, 1.807) is 0 Å². The van der Waals surface area contributed by atoms with Gasteiger partial charge in [-0.15, -0.1) is 0 Å². The van der Waals surface area contributed by atoms with E-state index in [-0.39, 0.29) is 11.3 Å². The molecule has 1 saturated heterocycles. The summed E-state index contributed by atoms with van der Waals surface area (Å²) < 4.78 is 4.56. The molecule has 0 radical (unpaired) electrons. The van der Waals surface area contributed by atoms with E-state index >= 15 is 0 Å². The van der Waals surface area contributed by atoms with Crippen LogP contribution in [-0.4, -0.2) is 42.3 Å². The quantitative estimate of drug-likeness (QED) is 0.767. The van der Waals surface area contributed by atoms with E-state index in [4.69, 9.17) is 17.3 Å². The van der Waals surface area contributed by atoms with Crippen molar-refractivity contribution < 1.29 is 9.53 Å². The lowest BCUT2D eigenvalue weighted by atomic mass is 10.3. The summed E-state index contributed by atoms with van der Waals surface area (Å²) >= 11 is 5.74. The predicted molar refractivity (Wildman–Crippen MR) is 67.6 cm³/mol. The summed E-state index contributed by atoms with van der Waals surface area (Å²) in [5.41, 5.74) is 6.28. The number of halogens is 1. The van der Waals surface area contributed by atoms with Gasteiger partial charge in [-0.2, -0.15) is 4.98 Å². The Bertz CT molecular complexity index is 456. The standard InChI is InChI=1S/C10H14ClN5O2/c1-18-10(17)14-6-2-3-16(5-6)8-7(12)4-13-9(11)15-8/h4,6H,2-3,5,12H2,1H3,(H,14,17). The lowest BCUT2D eigenvalue weighted by molar-refractivity contribution is 0.167. The number of hydrogen-bond donors (Lipinski definition) is 2. The summed E-state index contributed by atoms with van der Waals surface area (Å²) in [6.07, 6.45) is 1.84. The van der Waals surface area contributed by atoms with Gasteiger partial charge in [0, 0.05) is 13.1 Å². The number of nitrogens with zero attached hydrogens (tertiary/aromatic N) is 3. The van der Waals surface area contributed by atoms with Gasteiger partial charge in [0.15, 0.2) is 5.82 Å². The number of anilines is 2. The van der Waals surface area contributed by atoms with E-state index < -0.39 is 6.09 Å². The number of carbonyl (C=O) groups excluding carboxylic acids is 1. The highest BCUT2D eigenvalue weighted by atomic mass is 35.5. The average Bonchev–Trinajstić information content (AvgIpc) is 2.80. The maximum atomic E-state index is 11.1. The molecule has 7 nitrogen and oxygen atoms in total. The van der Waals surface area contributed by atoms with Crippen molar-refractivity contribution in [1.82, 2.24) is 15.3 Å². The third kappa shape index (κ3) is 2.73. The van der Waals surface area contributed by atoms with Gasteiger partial charge in [0.05, 0.1) is 25.0 Å². The molecule has 0 aliphatic carbocycles. The molecule has 1 amide bonds. The summed E-state index contributed by atoms with van der Waals surface area (Å²) in [4.78, 5) is 21.0. The first-order valence-electron chi connectivity index (χ1n) is 5.47. The van der Waals surface area contributed by atoms with Gasteiger partial charge in [-0.1, -0.05) is 0 Å². The number of alkyl carbamates (subject to hydrolysis) is 1. The van der Waals surface area contributed by atoms with Crippen LogP contribution in [0, 0.1) is 0 Å². The number of rotatable bonds is 2. The van der Waals surface area contributed by atoms with E-state index in [2.05, 4.69) is 20.0 Å². The zero-order chi connectivity index (χ0) is 13.1. The highest BCUT2D eigenvalue weighted by Gasteiger charge is 2.26. The number of carbonyl (C=O) groups is 1. The first-order valence-corrected chi connectivity index (χ1v) is 5.85. The van der Waals surface area contributed by atoms with Gasteiger partial charge in [-0.25, -0.2) is 9.78 Å². The number of amides is 1. The van der Waals surface area contributed by atoms with Gasteiger partial charge >= 0.3 is 6.09 Å². The van der Waals surface area contributed by atoms with E-state index in [9.17, 15) is 4.79 Å². The van der Waals surface area contributed by atoms with Crippen LogP contribution in [0.4, 0.5) is 16.3 Å². The Kier molecular flexibility index (Phi) is 3.71. The largest absolute Gasteiger partial charge is 0.453 e. The maximum Gasteiger partial charge on any atom is 0.407 e. The van der Waals surface area contributed by atoms with Crippen molar-refractivity contribution in [3.63, 3.8) is 0 Å². The molecule has 1 fully saturated rings. The number of nitrogens with two attached hydrogens (primary N) is 1. The Labute approximate surface area is 109 Å². The molecule has 1 atom stereocenters. The van der Waals surface area contributed by atoms with Crippen molar-refractivity contribution in [3.05, 3.63) is 11.5 Å². The molecule has 1 aliphatic heterocycles.